The van der Waals surface area contributed by atoms with Crippen LogP contribution >= 0.6 is 7.75 Å². The highest BCUT2D eigenvalue weighted by Gasteiger charge is 2.65. The lowest BCUT2D eigenvalue weighted by atomic mass is 9.96. The molecule has 0 amide bonds. The number of para-hydroxylation sites is 1. The summed E-state index contributed by atoms with van der Waals surface area (Å²) in [4.78, 5) is 27.5. The first kappa shape index (κ1) is 25.4. The highest BCUT2D eigenvalue weighted by molar-refractivity contribution is 7.52. The summed E-state index contributed by atoms with van der Waals surface area (Å²) in [6, 6.07) is 11.7. The van der Waals surface area contributed by atoms with Crippen LogP contribution in [0.3, 0.4) is 0 Å². The van der Waals surface area contributed by atoms with Crippen molar-refractivity contribution in [1.29, 1.82) is 5.26 Å². The maximum atomic E-state index is 13.6. The minimum absolute atomic E-state index is 0.113. The quantitative estimate of drug-likeness (QED) is 0.259. The topological polar surface area (TPSA) is 210 Å². The summed E-state index contributed by atoms with van der Waals surface area (Å²) in [5.41, 5.74) is 4.71. The SMILES string of the molecule is C[C@H](N[P@](=O)(OC[C@@]1(C#N)O[C@@H](c2ccc3c(N)ncnn23)[C@@H]2OC(=O)O[C@@H]21)Oc1ccccc1)C(=O)O. The molecule has 1 aromatic carbocycles. The van der Waals surface area contributed by atoms with Crippen LogP contribution in [-0.4, -0.2) is 62.3 Å². The van der Waals surface area contributed by atoms with Crippen molar-refractivity contribution in [2.24, 2.45) is 0 Å². The van der Waals surface area contributed by atoms with Crippen LogP contribution < -0.4 is 15.3 Å². The number of carbonyl (C=O) groups excluding carboxylic acids is 1. The molecule has 15 nitrogen and oxygen atoms in total. The van der Waals surface area contributed by atoms with Crippen LogP contribution in [0.1, 0.15) is 18.7 Å². The van der Waals surface area contributed by atoms with Crippen LogP contribution in [0.15, 0.2) is 48.8 Å². The van der Waals surface area contributed by atoms with Gasteiger partial charge < -0.3 is 29.6 Å². The smallest absolute Gasteiger partial charge is 0.480 e. The van der Waals surface area contributed by atoms with Crippen molar-refractivity contribution in [3.63, 3.8) is 0 Å². The standard InChI is InChI=1S/C22H21N6O9P/c1-12(20(29)30)27-38(32,37-13-5-3-2-4-6-13)33-10-22(9-23)18-17(34-21(31)35-18)16(36-22)14-7-8-15-19(24)25-11-26-28(14)15/h2-8,11-12,16-18H,10H2,1H3,(H,27,32)(H,29,30)(H2,24,25,26)/t12-,16-,17-,18-,22+,38-/m0/s1. The normalized spacial score (nSPS) is 26.5. The van der Waals surface area contributed by atoms with Gasteiger partial charge in [0, 0.05) is 0 Å². The summed E-state index contributed by atoms with van der Waals surface area (Å²) >= 11 is 0. The molecule has 38 heavy (non-hydrogen) atoms. The number of carboxylic acid groups (broad SMARTS) is 1. The maximum absolute atomic E-state index is 13.6. The van der Waals surface area contributed by atoms with Gasteiger partial charge in [0.2, 0.25) is 5.60 Å². The van der Waals surface area contributed by atoms with Gasteiger partial charge in [-0.05, 0) is 31.2 Å². The molecule has 2 fully saturated rings. The van der Waals surface area contributed by atoms with Crippen LogP contribution in [0.5, 0.6) is 5.75 Å². The molecule has 4 heterocycles. The van der Waals surface area contributed by atoms with Crippen LogP contribution in [0.2, 0.25) is 0 Å². The number of carbonyl (C=O) groups is 2. The average molecular weight is 544 g/mol. The Bertz CT molecular complexity index is 1480. The summed E-state index contributed by atoms with van der Waals surface area (Å²) in [5, 5.41) is 26.0. The molecule has 3 aromatic rings. The molecule has 2 aliphatic rings. The number of hydrogen-bond donors (Lipinski definition) is 3. The molecule has 0 unspecified atom stereocenters. The summed E-state index contributed by atoms with van der Waals surface area (Å²) < 4.78 is 42.7. The highest BCUT2D eigenvalue weighted by Crippen LogP contribution is 2.51. The van der Waals surface area contributed by atoms with Gasteiger partial charge in [-0.1, -0.05) is 18.2 Å². The predicted molar refractivity (Wildman–Crippen MR) is 126 cm³/mol. The number of benzene rings is 1. The second-order valence-corrected chi connectivity index (χ2v) is 10.2. The number of aromatic nitrogens is 3. The number of anilines is 1. The Morgan fingerprint density at radius 1 is 1.34 bits per heavy atom. The van der Waals surface area contributed by atoms with E-state index in [1.807, 2.05) is 6.07 Å². The number of nitriles is 1. The Hall–Kier alpha value is -4.22. The molecule has 2 saturated heterocycles. The summed E-state index contributed by atoms with van der Waals surface area (Å²) in [5.74, 6) is -1.02. The molecule has 0 bridgehead atoms. The molecule has 6 atom stereocenters. The third kappa shape index (κ3) is 4.50. The fourth-order valence-corrected chi connectivity index (χ4v) is 5.68. The lowest BCUT2D eigenvalue weighted by Gasteiger charge is -2.28. The summed E-state index contributed by atoms with van der Waals surface area (Å²) in [6.07, 6.45) is -3.27. The molecule has 16 heteroatoms. The maximum Gasteiger partial charge on any atom is 0.509 e. The lowest BCUT2D eigenvalue weighted by Crippen LogP contribution is -2.46. The zero-order valence-corrected chi connectivity index (χ0v) is 20.6. The number of aliphatic carboxylic acids is 1. The van der Waals surface area contributed by atoms with Crippen molar-refractivity contribution < 1.29 is 42.5 Å². The van der Waals surface area contributed by atoms with E-state index in [1.54, 1.807) is 30.3 Å². The molecule has 0 saturated carbocycles. The molecular weight excluding hydrogens is 523 g/mol. The molecular formula is C22H21N6O9P. The van der Waals surface area contributed by atoms with E-state index < -0.39 is 56.4 Å². The number of nitrogens with zero attached hydrogens (tertiary/aromatic N) is 4. The number of rotatable bonds is 9. The molecule has 0 spiro atoms. The van der Waals surface area contributed by atoms with Crippen molar-refractivity contribution in [1.82, 2.24) is 19.7 Å². The fraction of sp³-hybridized carbons (Fsp3) is 0.318. The Morgan fingerprint density at radius 2 is 2.11 bits per heavy atom. The molecule has 4 N–H and O–H groups in total. The Labute approximate surface area is 214 Å². The highest BCUT2D eigenvalue weighted by atomic mass is 31.2. The van der Waals surface area contributed by atoms with E-state index in [2.05, 4.69) is 15.2 Å². The van der Waals surface area contributed by atoms with E-state index in [0.717, 1.165) is 0 Å². The van der Waals surface area contributed by atoms with Gasteiger partial charge >= 0.3 is 19.9 Å². The molecule has 198 valence electrons. The van der Waals surface area contributed by atoms with Gasteiger partial charge in [-0.2, -0.15) is 15.4 Å². The van der Waals surface area contributed by atoms with Gasteiger partial charge in [-0.3, -0.25) is 9.32 Å². The van der Waals surface area contributed by atoms with Gasteiger partial charge in [0.25, 0.3) is 0 Å². The minimum Gasteiger partial charge on any atom is -0.480 e. The third-order valence-corrected chi connectivity index (χ3v) is 7.60. The summed E-state index contributed by atoms with van der Waals surface area (Å²) in [6.45, 7) is 0.491. The van der Waals surface area contributed by atoms with E-state index in [-0.39, 0.29) is 11.6 Å². The molecule has 2 aromatic heterocycles. The first-order chi connectivity index (χ1) is 18.1. The Kier molecular flexibility index (Phi) is 6.41. The Balaban J connectivity index is 1.46. The van der Waals surface area contributed by atoms with E-state index in [0.29, 0.717) is 11.2 Å². The van der Waals surface area contributed by atoms with Crippen molar-refractivity contribution in [2.75, 3.05) is 12.3 Å². The monoisotopic (exact) mass is 544 g/mol. The van der Waals surface area contributed by atoms with E-state index in [9.17, 15) is 24.5 Å². The zero-order valence-electron chi connectivity index (χ0n) is 19.7. The average Bonchev–Trinajstić information content (AvgIpc) is 3.57. The fourth-order valence-electron chi connectivity index (χ4n) is 4.15. The minimum atomic E-state index is -4.42. The zero-order chi connectivity index (χ0) is 27.1. The van der Waals surface area contributed by atoms with Gasteiger partial charge in [-0.15, -0.1) is 0 Å². The Morgan fingerprint density at radius 3 is 2.82 bits per heavy atom. The van der Waals surface area contributed by atoms with Crippen molar-refractivity contribution in [3.8, 4) is 11.8 Å². The van der Waals surface area contributed by atoms with E-state index in [4.69, 9.17) is 29.0 Å². The van der Waals surface area contributed by atoms with Crippen LogP contribution in [-0.2, 0) is 28.1 Å². The van der Waals surface area contributed by atoms with Crippen LogP contribution in [0.4, 0.5) is 10.6 Å². The van der Waals surface area contributed by atoms with Gasteiger partial charge in [-0.25, -0.2) is 18.9 Å². The van der Waals surface area contributed by atoms with Crippen molar-refractivity contribution in [3.05, 3.63) is 54.5 Å². The van der Waals surface area contributed by atoms with Gasteiger partial charge in [0.05, 0.1) is 5.69 Å². The molecule has 2 aliphatic heterocycles. The number of nitrogen functional groups attached to an aromatic ring is 1. The number of fused-ring (bicyclic) bond motifs is 2. The molecule has 0 radical (unpaired) electrons. The number of carboxylic acids is 1. The largest absolute Gasteiger partial charge is 0.509 e. The first-order valence-electron chi connectivity index (χ1n) is 11.2. The second kappa shape index (κ2) is 9.58. The number of nitrogens with one attached hydrogen (secondary N) is 1. The summed E-state index contributed by atoms with van der Waals surface area (Å²) in [7, 11) is -4.42. The van der Waals surface area contributed by atoms with Crippen molar-refractivity contribution >= 4 is 31.2 Å². The number of hydrogen-bond acceptors (Lipinski definition) is 12. The number of nitrogens with two attached hydrogens (primary N) is 1. The second-order valence-electron chi connectivity index (χ2n) is 8.48. The third-order valence-electron chi connectivity index (χ3n) is 5.98. The van der Waals surface area contributed by atoms with Gasteiger partial charge in [0.1, 0.15) is 42.4 Å². The lowest BCUT2D eigenvalue weighted by molar-refractivity contribution is -0.138. The first-order valence-corrected chi connectivity index (χ1v) is 12.7. The van der Waals surface area contributed by atoms with Crippen LogP contribution in [0.25, 0.3) is 5.52 Å². The van der Waals surface area contributed by atoms with E-state index >= 15 is 0 Å². The molecule has 5 rings (SSSR count). The van der Waals surface area contributed by atoms with Crippen LogP contribution in [0, 0.1) is 11.3 Å². The predicted octanol–water partition coefficient (Wildman–Crippen LogP) is 1.82. The van der Waals surface area contributed by atoms with Crippen molar-refractivity contribution in [2.45, 2.75) is 36.9 Å². The van der Waals surface area contributed by atoms with E-state index in [1.165, 1.54) is 29.9 Å². The molecule has 0 aliphatic carbocycles. The number of ether oxygens (including phenoxy) is 3. The van der Waals surface area contributed by atoms with Gasteiger partial charge in [0.15, 0.2) is 18.0 Å².